The van der Waals surface area contributed by atoms with Crippen LogP contribution in [0, 0.1) is 23.2 Å². The quantitative estimate of drug-likeness (QED) is 0.866. The highest BCUT2D eigenvalue weighted by Crippen LogP contribution is 2.39. The fourth-order valence-corrected chi connectivity index (χ4v) is 4.09. The Balaban J connectivity index is 1.60. The SMILES string of the molecule is C[C@@H]1C[C@@H]1C(=O)OCC(=O)Nc1sc2c(c1C#N)CCCC2. The van der Waals surface area contributed by atoms with Crippen LogP contribution in [0.2, 0.25) is 0 Å². The van der Waals surface area contributed by atoms with Crippen LogP contribution in [0.1, 0.15) is 42.2 Å². The lowest BCUT2D eigenvalue weighted by Gasteiger charge is -2.09. The van der Waals surface area contributed by atoms with Crippen molar-refractivity contribution >= 4 is 28.2 Å². The first-order chi connectivity index (χ1) is 10.6. The van der Waals surface area contributed by atoms with Gasteiger partial charge in [0.05, 0.1) is 11.5 Å². The van der Waals surface area contributed by atoms with Gasteiger partial charge in [-0.2, -0.15) is 5.26 Å². The summed E-state index contributed by atoms with van der Waals surface area (Å²) < 4.78 is 5.02. The molecular formula is C16H18N2O3S. The van der Waals surface area contributed by atoms with E-state index in [-0.39, 0.29) is 24.4 Å². The number of nitrogens with zero attached hydrogens (tertiary/aromatic N) is 1. The number of carbonyl (C=O) groups is 2. The fraction of sp³-hybridized carbons (Fsp3) is 0.562. The van der Waals surface area contributed by atoms with E-state index in [1.807, 2.05) is 6.92 Å². The molecule has 0 bridgehead atoms. The lowest BCUT2D eigenvalue weighted by molar-refractivity contribution is -0.148. The van der Waals surface area contributed by atoms with Crippen LogP contribution in [0.5, 0.6) is 0 Å². The maximum Gasteiger partial charge on any atom is 0.309 e. The summed E-state index contributed by atoms with van der Waals surface area (Å²) in [5, 5.41) is 12.6. The van der Waals surface area contributed by atoms with Gasteiger partial charge in [-0.1, -0.05) is 6.92 Å². The molecule has 0 saturated heterocycles. The van der Waals surface area contributed by atoms with E-state index in [4.69, 9.17) is 4.74 Å². The van der Waals surface area contributed by atoms with Crippen molar-refractivity contribution in [3.63, 3.8) is 0 Å². The van der Waals surface area contributed by atoms with Gasteiger partial charge in [0.25, 0.3) is 5.91 Å². The number of fused-ring (bicyclic) bond motifs is 1. The minimum atomic E-state index is -0.378. The van der Waals surface area contributed by atoms with Gasteiger partial charge < -0.3 is 10.1 Å². The molecule has 1 aromatic rings. The third kappa shape index (κ3) is 3.00. The Morgan fingerprint density at radius 3 is 2.82 bits per heavy atom. The Morgan fingerprint density at radius 2 is 2.14 bits per heavy atom. The van der Waals surface area contributed by atoms with Gasteiger partial charge in [0.2, 0.25) is 0 Å². The summed E-state index contributed by atoms with van der Waals surface area (Å²) in [5.41, 5.74) is 1.66. The molecule has 1 amide bonds. The van der Waals surface area contributed by atoms with Crippen molar-refractivity contribution in [2.24, 2.45) is 11.8 Å². The lowest BCUT2D eigenvalue weighted by atomic mass is 9.96. The predicted octanol–water partition coefficient (Wildman–Crippen LogP) is 2.64. The highest BCUT2D eigenvalue weighted by Gasteiger charge is 2.40. The number of anilines is 1. The van der Waals surface area contributed by atoms with Crippen LogP contribution in [0.15, 0.2) is 0 Å². The first-order valence-electron chi connectivity index (χ1n) is 7.61. The zero-order valence-electron chi connectivity index (χ0n) is 12.5. The summed E-state index contributed by atoms with van der Waals surface area (Å²) in [6, 6.07) is 2.20. The van der Waals surface area contributed by atoms with E-state index in [9.17, 15) is 14.9 Å². The second-order valence-corrected chi connectivity index (χ2v) is 7.11. The summed E-state index contributed by atoms with van der Waals surface area (Å²) >= 11 is 1.47. The van der Waals surface area contributed by atoms with E-state index < -0.39 is 0 Å². The average molecular weight is 318 g/mol. The van der Waals surface area contributed by atoms with E-state index in [1.165, 1.54) is 16.2 Å². The number of thiophene rings is 1. The van der Waals surface area contributed by atoms with E-state index in [0.29, 0.717) is 16.5 Å². The van der Waals surface area contributed by atoms with Crippen LogP contribution < -0.4 is 5.32 Å². The molecule has 5 nitrogen and oxygen atoms in total. The van der Waals surface area contributed by atoms with Crippen molar-refractivity contribution in [2.75, 3.05) is 11.9 Å². The average Bonchev–Trinajstić information content (AvgIpc) is 3.13. The Labute approximate surface area is 133 Å². The van der Waals surface area contributed by atoms with Crippen molar-refractivity contribution in [1.82, 2.24) is 0 Å². The first kappa shape index (κ1) is 15.0. The van der Waals surface area contributed by atoms with Crippen LogP contribution in [-0.2, 0) is 27.2 Å². The molecule has 2 aliphatic carbocycles. The van der Waals surface area contributed by atoms with E-state index in [0.717, 1.165) is 37.7 Å². The Hall–Kier alpha value is -1.87. The number of hydrogen-bond donors (Lipinski definition) is 1. The highest BCUT2D eigenvalue weighted by atomic mass is 32.1. The molecule has 116 valence electrons. The fourth-order valence-electron chi connectivity index (χ4n) is 2.83. The molecule has 3 rings (SSSR count). The van der Waals surface area contributed by atoms with Crippen molar-refractivity contribution in [2.45, 2.75) is 39.0 Å². The molecule has 1 fully saturated rings. The summed E-state index contributed by atoms with van der Waals surface area (Å²) in [6.07, 6.45) is 4.93. The van der Waals surface area contributed by atoms with E-state index in [2.05, 4.69) is 11.4 Å². The third-order valence-electron chi connectivity index (χ3n) is 4.29. The highest BCUT2D eigenvalue weighted by molar-refractivity contribution is 7.16. The largest absolute Gasteiger partial charge is 0.455 e. The monoisotopic (exact) mass is 318 g/mol. The molecule has 0 aromatic carbocycles. The molecule has 2 atom stereocenters. The van der Waals surface area contributed by atoms with Crippen LogP contribution in [-0.4, -0.2) is 18.5 Å². The molecule has 1 heterocycles. The molecule has 6 heteroatoms. The molecule has 0 aliphatic heterocycles. The molecular weight excluding hydrogens is 300 g/mol. The molecule has 1 saturated carbocycles. The van der Waals surface area contributed by atoms with Crippen LogP contribution in [0.4, 0.5) is 5.00 Å². The number of carbonyl (C=O) groups excluding carboxylic acids is 2. The van der Waals surface area contributed by atoms with Gasteiger partial charge in [-0.3, -0.25) is 9.59 Å². The number of ether oxygens (including phenoxy) is 1. The number of amides is 1. The number of hydrogen-bond acceptors (Lipinski definition) is 5. The van der Waals surface area contributed by atoms with Crippen LogP contribution in [0.3, 0.4) is 0 Å². The lowest BCUT2D eigenvalue weighted by Crippen LogP contribution is -2.21. The molecule has 0 spiro atoms. The summed E-state index contributed by atoms with van der Waals surface area (Å²) in [4.78, 5) is 24.7. The number of esters is 1. The maximum atomic E-state index is 11.9. The molecule has 2 aliphatic rings. The summed E-state index contributed by atoms with van der Waals surface area (Å²) in [7, 11) is 0. The van der Waals surface area contributed by atoms with Gasteiger partial charge in [0, 0.05) is 4.88 Å². The Kier molecular flexibility index (Phi) is 4.16. The topological polar surface area (TPSA) is 79.2 Å². The predicted molar refractivity (Wildman–Crippen MR) is 82.5 cm³/mol. The number of rotatable bonds is 4. The normalized spacial score (nSPS) is 22.4. The minimum Gasteiger partial charge on any atom is -0.455 e. The van der Waals surface area contributed by atoms with Crippen molar-refractivity contribution in [3.05, 3.63) is 16.0 Å². The van der Waals surface area contributed by atoms with Crippen molar-refractivity contribution < 1.29 is 14.3 Å². The van der Waals surface area contributed by atoms with Crippen LogP contribution in [0.25, 0.3) is 0 Å². The Bertz CT molecular complexity index is 659. The van der Waals surface area contributed by atoms with E-state index >= 15 is 0 Å². The second kappa shape index (κ2) is 6.09. The number of nitrogens with one attached hydrogen (secondary N) is 1. The number of nitriles is 1. The summed E-state index contributed by atoms with van der Waals surface area (Å²) in [5.74, 6) is -0.355. The van der Waals surface area contributed by atoms with Gasteiger partial charge in [-0.25, -0.2) is 0 Å². The van der Waals surface area contributed by atoms with Crippen LogP contribution >= 0.6 is 11.3 Å². The van der Waals surface area contributed by atoms with Gasteiger partial charge in [-0.05, 0) is 43.6 Å². The zero-order valence-corrected chi connectivity index (χ0v) is 13.3. The van der Waals surface area contributed by atoms with Gasteiger partial charge in [-0.15, -0.1) is 11.3 Å². The molecule has 0 unspecified atom stereocenters. The zero-order chi connectivity index (χ0) is 15.7. The standard InChI is InChI=1S/C16H18N2O3S/c1-9-6-11(9)16(20)21-8-14(19)18-15-12(7-17)10-4-2-3-5-13(10)22-15/h9,11H,2-6,8H2,1H3,(H,18,19)/t9-,11+/m1/s1. The number of aryl methyl sites for hydroxylation is 1. The van der Waals surface area contributed by atoms with Gasteiger partial charge in [0.1, 0.15) is 11.1 Å². The first-order valence-corrected chi connectivity index (χ1v) is 8.43. The van der Waals surface area contributed by atoms with Gasteiger partial charge in [0.15, 0.2) is 6.61 Å². The molecule has 1 N–H and O–H groups in total. The Morgan fingerprint density at radius 1 is 1.41 bits per heavy atom. The van der Waals surface area contributed by atoms with Gasteiger partial charge >= 0.3 is 5.97 Å². The summed E-state index contributed by atoms with van der Waals surface area (Å²) in [6.45, 7) is 1.71. The van der Waals surface area contributed by atoms with Crippen molar-refractivity contribution in [1.29, 1.82) is 5.26 Å². The molecule has 22 heavy (non-hydrogen) atoms. The molecule has 0 radical (unpaired) electrons. The maximum absolute atomic E-state index is 11.9. The second-order valence-electron chi connectivity index (χ2n) is 6.00. The molecule has 1 aromatic heterocycles. The minimum absolute atomic E-state index is 0.0449. The third-order valence-corrected chi connectivity index (χ3v) is 5.50. The van der Waals surface area contributed by atoms with E-state index in [1.54, 1.807) is 0 Å². The smallest absolute Gasteiger partial charge is 0.309 e. The van der Waals surface area contributed by atoms with Crippen molar-refractivity contribution in [3.8, 4) is 6.07 Å².